The number of carbonyl (C=O) groups excluding carboxylic acids is 1. The Labute approximate surface area is 187 Å². The van der Waals surface area contributed by atoms with E-state index in [0.717, 1.165) is 40.8 Å². The number of amides is 1. The van der Waals surface area contributed by atoms with Gasteiger partial charge in [-0.2, -0.15) is 0 Å². The molecule has 0 radical (unpaired) electrons. The second-order valence-corrected chi connectivity index (χ2v) is 9.60. The SMILES string of the molecule is CC(Sc1nnc(C2CC2)n1Cc1ccco1)C(=O)Nc1nc(-c2ccccc2)cs1. The first-order valence-corrected chi connectivity index (χ1v) is 11.9. The van der Waals surface area contributed by atoms with Crippen molar-refractivity contribution >= 4 is 34.1 Å². The molecule has 5 rings (SSSR count). The summed E-state index contributed by atoms with van der Waals surface area (Å²) in [6.45, 7) is 2.43. The molecule has 31 heavy (non-hydrogen) atoms. The lowest BCUT2D eigenvalue weighted by atomic mass is 10.2. The Kier molecular flexibility index (Phi) is 5.61. The van der Waals surface area contributed by atoms with E-state index in [1.54, 1.807) is 6.26 Å². The van der Waals surface area contributed by atoms with Crippen molar-refractivity contribution < 1.29 is 9.21 Å². The summed E-state index contributed by atoms with van der Waals surface area (Å²) < 4.78 is 7.59. The number of furan rings is 1. The lowest BCUT2D eigenvalue weighted by Gasteiger charge is -2.12. The van der Waals surface area contributed by atoms with Gasteiger partial charge in [0.25, 0.3) is 0 Å². The molecule has 3 heterocycles. The molecule has 1 saturated carbocycles. The predicted molar refractivity (Wildman–Crippen MR) is 121 cm³/mol. The Morgan fingerprint density at radius 2 is 2.10 bits per heavy atom. The third-order valence-electron chi connectivity index (χ3n) is 5.04. The number of anilines is 1. The number of aromatic nitrogens is 4. The first-order valence-electron chi connectivity index (χ1n) is 10.1. The molecular weight excluding hydrogens is 430 g/mol. The van der Waals surface area contributed by atoms with Crippen LogP contribution in [-0.4, -0.2) is 30.9 Å². The minimum Gasteiger partial charge on any atom is -0.467 e. The molecule has 0 spiro atoms. The van der Waals surface area contributed by atoms with Gasteiger partial charge in [0.15, 0.2) is 10.3 Å². The first kappa shape index (κ1) is 20.0. The largest absolute Gasteiger partial charge is 0.467 e. The summed E-state index contributed by atoms with van der Waals surface area (Å²) in [5, 5.41) is 14.6. The Balaban J connectivity index is 1.27. The quantitative estimate of drug-likeness (QED) is 0.378. The lowest BCUT2D eigenvalue weighted by molar-refractivity contribution is -0.115. The van der Waals surface area contributed by atoms with E-state index in [2.05, 4.69) is 25.1 Å². The van der Waals surface area contributed by atoms with E-state index in [1.165, 1.54) is 23.1 Å². The standard InChI is InChI=1S/C22H21N5O2S2/c1-14(20(28)24-21-23-18(13-30-21)15-6-3-2-4-7-15)31-22-26-25-19(16-9-10-16)27(22)12-17-8-5-11-29-17/h2-8,11,13-14,16H,9-10,12H2,1H3,(H,23,24,28). The minimum absolute atomic E-state index is 0.112. The molecule has 1 aliphatic rings. The maximum atomic E-state index is 12.8. The molecule has 158 valence electrons. The van der Waals surface area contributed by atoms with Crippen molar-refractivity contribution in [1.29, 1.82) is 0 Å². The topological polar surface area (TPSA) is 85.8 Å². The normalized spacial score (nSPS) is 14.5. The van der Waals surface area contributed by atoms with Crippen LogP contribution in [0.15, 0.2) is 63.7 Å². The number of hydrogen-bond donors (Lipinski definition) is 1. The number of rotatable bonds is 8. The molecule has 3 aromatic heterocycles. The van der Waals surface area contributed by atoms with Crippen LogP contribution in [0.5, 0.6) is 0 Å². The van der Waals surface area contributed by atoms with Gasteiger partial charge in [0, 0.05) is 16.9 Å². The Hall–Kier alpha value is -2.91. The lowest BCUT2D eigenvalue weighted by Crippen LogP contribution is -2.23. The van der Waals surface area contributed by atoms with E-state index in [9.17, 15) is 4.79 Å². The van der Waals surface area contributed by atoms with E-state index in [1.807, 2.05) is 54.8 Å². The Bertz CT molecular complexity index is 1170. The first-order chi connectivity index (χ1) is 15.2. The van der Waals surface area contributed by atoms with Crippen molar-refractivity contribution in [2.75, 3.05) is 5.32 Å². The fourth-order valence-electron chi connectivity index (χ4n) is 3.23. The highest BCUT2D eigenvalue weighted by molar-refractivity contribution is 8.00. The number of thiazole rings is 1. The molecule has 1 N–H and O–H groups in total. The summed E-state index contributed by atoms with van der Waals surface area (Å²) in [5.41, 5.74) is 1.88. The summed E-state index contributed by atoms with van der Waals surface area (Å²) in [7, 11) is 0. The van der Waals surface area contributed by atoms with Crippen LogP contribution < -0.4 is 5.32 Å². The van der Waals surface area contributed by atoms with Crippen molar-refractivity contribution in [2.24, 2.45) is 0 Å². The van der Waals surface area contributed by atoms with Crippen molar-refractivity contribution in [2.45, 2.75) is 42.6 Å². The van der Waals surface area contributed by atoms with Crippen LogP contribution in [-0.2, 0) is 11.3 Å². The third-order valence-corrected chi connectivity index (χ3v) is 6.88. The van der Waals surface area contributed by atoms with Gasteiger partial charge >= 0.3 is 0 Å². The van der Waals surface area contributed by atoms with E-state index >= 15 is 0 Å². The maximum absolute atomic E-state index is 12.8. The van der Waals surface area contributed by atoms with Gasteiger partial charge in [-0.1, -0.05) is 42.1 Å². The number of hydrogen-bond acceptors (Lipinski definition) is 7. The second kappa shape index (κ2) is 8.68. The van der Waals surface area contributed by atoms with Crippen molar-refractivity contribution in [3.63, 3.8) is 0 Å². The summed E-state index contributed by atoms with van der Waals surface area (Å²) in [6, 6.07) is 13.7. The fraction of sp³-hybridized carbons (Fsp3) is 0.273. The zero-order chi connectivity index (χ0) is 21.2. The van der Waals surface area contributed by atoms with Crippen LogP contribution in [0.4, 0.5) is 5.13 Å². The van der Waals surface area contributed by atoms with Gasteiger partial charge in [-0.25, -0.2) is 4.98 Å². The molecule has 0 bridgehead atoms. The highest BCUT2D eigenvalue weighted by atomic mass is 32.2. The molecule has 0 aliphatic heterocycles. The third kappa shape index (κ3) is 4.57. The highest BCUT2D eigenvalue weighted by Gasteiger charge is 2.31. The predicted octanol–water partition coefficient (Wildman–Crippen LogP) is 5.04. The summed E-state index contributed by atoms with van der Waals surface area (Å²) in [6.07, 6.45) is 3.92. The van der Waals surface area contributed by atoms with Crippen LogP contribution >= 0.6 is 23.1 Å². The van der Waals surface area contributed by atoms with Crippen LogP contribution in [0.3, 0.4) is 0 Å². The molecule has 9 heteroatoms. The van der Waals surface area contributed by atoms with E-state index in [-0.39, 0.29) is 11.2 Å². The minimum atomic E-state index is -0.351. The molecule has 1 aliphatic carbocycles. The van der Waals surface area contributed by atoms with Gasteiger partial charge in [0.1, 0.15) is 11.6 Å². The molecule has 7 nitrogen and oxygen atoms in total. The van der Waals surface area contributed by atoms with Gasteiger partial charge in [0.05, 0.1) is 23.8 Å². The average molecular weight is 452 g/mol. The summed E-state index contributed by atoms with van der Waals surface area (Å²) in [4.78, 5) is 17.3. The molecule has 4 aromatic rings. The number of nitrogens with one attached hydrogen (secondary N) is 1. The fourth-order valence-corrected chi connectivity index (χ4v) is 4.81. The van der Waals surface area contributed by atoms with E-state index in [4.69, 9.17) is 4.42 Å². The van der Waals surface area contributed by atoms with Gasteiger partial charge < -0.3 is 9.73 Å². The van der Waals surface area contributed by atoms with E-state index < -0.39 is 0 Å². The number of benzene rings is 1. The van der Waals surface area contributed by atoms with Crippen molar-refractivity contribution in [3.8, 4) is 11.3 Å². The molecule has 1 aromatic carbocycles. The van der Waals surface area contributed by atoms with Crippen LogP contribution in [0.2, 0.25) is 0 Å². The average Bonchev–Trinajstić information content (AvgIpc) is 3.16. The van der Waals surface area contributed by atoms with E-state index in [0.29, 0.717) is 17.6 Å². The van der Waals surface area contributed by atoms with Crippen LogP contribution in [0.25, 0.3) is 11.3 Å². The maximum Gasteiger partial charge on any atom is 0.239 e. The number of carbonyl (C=O) groups is 1. The molecular formula is C22H21N5O2S2. The molecule has 0 saturated heterocycles. The zero-order valence-electron chi connectivity index (χ0n) is 16.9. The Morgan fingerprint density at radius 3 is 2.84 bits per heavy atom. The number of nitrogens with zero attached hydrogens (tertiary/aromatic N) is 4. The summed E-state index contributed by atoms with van der Waals surface area (Å²) >= 11 is 2.82. The van der Waals surface area contributed by atoms with Gasteiger partial charge in [-0.3, -0.25) is 9.36 Å². The van der Waals surface area contributed by atoms with Crippen LogP contribution in [0.1, 0.15) is 37.3 Å². The monoisotopic (exact) mass is 451 g/mol. The molecule has 1 amide bonds. The molecule has 1 fully saturated rings. The summed E-state index contributed by atoms with van der Waals surface area (Å²) in [5.74, 6) is 2.16. The molecule has 1 atom stereocenters. The number of thioether (sulfide) groups is 1. The zero-order valence-corrected chi connectivity index (χ0v) is 18.5. The molecule has 1 unspecified atom stereocenters. The van der Waals surface area contributed by atoms with Gasteiger partial charge in [-0.15, -0.1) is 21.5 Å². The Morgan fingerprint density at radius 1 is 1.26 bits per heavy atom. The second-order valence-electron chi connectivity index (χ2n) is 7.43. The van der Waals surface area contributed by atoms with Crippen molar-refractivity contribution in [3.05, 3.63) is 65.7 Å². The van der Waals surface area contributed by atoms with Crippen LogP contribution in [0, 0.1) is 0 Å². The van der Waals surface area contributed by atoms with Gasteiger partial charge in [-0.05, 0) is 31.9 Å². The highest BCUT2D eigenvalue weighted by Crippen LogP contribution is 2.40. The smallest absolute Gasteiger partial charge is 0.239 e. The van der Waals surface area contributed by atoms with Crippen molar-refractivity contribution in [1.82, 2.24) is 19.7 Å². The van der Waals surface area contributed by atoms with Gasteiger partial charge in [0.2, 0.25) is 5.91 Å².